The standard InChI is InChI=1S/C64H121N2O7P/c1-7-10-13-16-19-22-25-27-28-29-30-31-32-33-34-35-36-37-38-39-42-44-47-50-53-56-63(67)65-61(60-72-74(69,70)71-59-58-66(4,5)6)62(55-52-49-46-43-41-26-23-20-17-14-11-8-2)73-64(68)57-54-51-48-45-40-24-21-18-15-12-9-3/h19,22,27-28,30-31,52,55,61-62H,7-18,20-21,23-26,29,32-51,53-54,56-60H2,1-6H3,(H-,65,67,69,70)/p+1/b22-19-,28-27-,31-30-,55-52-. The van der Waals surface area contributed by atoms with Crippen molar-refractivity contribution in [1.82, 2.24) is 5.32 Å². The van der Waals surface area contributed by atoms with Crippen LogP contribution in [0.3, 0.4) is 0 Å². The Bertz CT molecular complexity index is 1410. The summed E-state index contributed by atoms with van der Waals surface area (Å²) in [6.45, 7) is 7.00. The monoisotopic (exact) mass is 1060 g/mol. The quantitative estimate of drug-likeness (QED) is 0.0205. The van der Waals surface area contributed by atoms with Crippen LogP contribution in [-0.2, 0) is 27.9 Å². The van der Waals surface area contributed by atoms with E-state index in [1.807, 2.05) is 33.3 Å². The zero-order valence-electron chi connectivity index (χ0n) is 49.6. The largest absolute Gasteiger partial charge is 0.472 e. The van der Waals surface area contributed by atoms with Crippen LogP contribution in [0, 0.1) is 0 Å². The van der Waals surface area contributed by atoms with E-state index in [9.17, 15) is 19.0 Å². The summed E-state index contributed by atoms with van der Waals surface area (Å²) in [6.07, 6.45) is 66.8. The molecule has 10 heteroatoms. The molecule has 0 saturated carbocycles. The number of phosphoric acid groups is 1. The number of nitrogens with zero attached hydrogens (tertiary/aromatic N) is 1. The SMILES string of the molecule is CCCCC/C=C\C/C=C\C/C=C\CCCCCCCCCCCCCCC(=O)NC(COP(=O)(O)OCC[N+](C)(C)C)C(/C=C\CCCCCCCCCCCC)OC(=O)CCCCCCCCCCCCC. The number of rotatable bonds is 57. The van der Waals surface area contributed by atoms with Crippen LogP contribution in [0.2, 0.25) is 0 Å². The van der Waals surface area contributed by atoms with Crippen LogP contribution in [0.25, 0.3) is 0 Å². The highest BCUT2D eigenvalue weighted by molar-refractivity contribution is 7.47. The number of likely N-dealkylation sites (N-methyl/N-ethyl adjacent to an activating group) is 1. The van der Waals surface area contributed by atoms with E-state index in [2.05, 4.69) is 62.5 Å². The molecule has 0 saturated heterocycles. The second-order valence-electron chi connectivity index (χ2n) is 22.6. The molecule has 2 N–H and O–H groups in total. The Labute approximate surface area is 458 Å². The van der Waals surface area contributed by atoms with Gasteiger partial charge in [-0.15, -0.1) is 0 Å². The number of carbonyl (C=O) groups excluding carboxylic acids is 2. The molecular weight excluding hydrogens is 940 g/mol. The molecule has 9 nitrogen and oxygen atoms in total. The van der Waals surface area contributed by atoms with Gasteiger partial charge in [-0.2, -0.15) is 0 Å². The van der Waals surface area contributed by atoms with Crippen molar-refractivity contribution in [2.75, 3.05) is 40.9 Å². The number of hydrogen-bond acceptors (Lipinski definition) is 6. The number of allylic oxidation sites excluding steroid dienone is 7. The molecule has 0 fully saturated rings. The zero-order valence-corrected chi connectivity index (χ0v) is 50.5. The summed E-state index contributed by atoms with van der Waals surface area (Å²) in [5.41, 5.74) is 0. The Kier molecular flexibility index (Phi) is 52.8. The summed E-state index contributed by atoms with van der Waals surface area (Å²) < 4.78 is 30.7. The zero-order chi connectivity index (χ0) is 54.3. The predicted molar refractivity (Wildman–Crippen MR) is 319 cm³/mol. The van der Waals surface area contributed by atoms with Crippen LogP contribution in [-0.4, -0.2) is 74.3 Å². The van der Waals surface area contributed by atoms with E-state index in [4.69, 9.17) is 13.8 Å². The summed E-state index contributed by atoms with van der Waals surface area (Å²) >= 11 is 0. The topological polar surface area (TPSA) is 111 Å². The van der Waals surface area contributed by atoms with Crippen LogP contribution in [0.1, 0.15) is 297 Å². The molecule has 74 heavy (non-hydrogen) atoms. The van der Waals surface area contributed by atoms with Gasteiger partial charge in [-0.05, 0) is 70.3 Å². The Morgan fingerprint density at radius 3 is 1.26 bits per heavy atom. The molecule has 3 atom stereocenters. The highest BCUT2D eigenvalue weighted by Crippen LogP contribution is 2.43. The molecule has 0 bridgehead atoms. The van der Waals surface area contributed by atoms with E-state index < -0.39 is 20.0 Å². The van der Waals surface area contributed by atoms with Gasteiger partial charge in [0.1, 0.15) is 19.3 Å². The van der Waals surface area contributed by atoms with Gasteiger partial charge in [-0.1, -0.05) is 262 Å². The van der Waals surface area contributed by atoms with Gasteiger partial charge >= 0.3 is 13.8 Å². The number of phosphoric ester groups is 1. The smallest absolute Gasteiger partial charge is 0.456 e. The van der Waals surface area contributed by atoms with Crippen LogP contribution in [0.5, 0.6) is 0 Å². The molecule has 0 spiro atoms. The Balaban J connectivity index is 5.06. The lowest BCUT2D eigenvalue weighted by atomic mass is 10.0. The van der Waals surface area contributed by atoms with Crippen molar-refractivity contribution in [2.24, 2.45) is 0 Å². The van der Waals surface area contributed by atoms with Crippen molar-refractivity contribution < 1.29 is 37.3 Å². The molecule has 0 heterocycles. The maximum Gasteiger partial charge on any atom is 0.472 e. The molecule has 0 aromatic rings. The molecule has 0 radical (unpaired) electrons. The molecule has 0 aliphatic rings. The Morgan fingerprint density at radius 1 is 0.473 bits per heavy atom. The number of amides is 1. The summed E-state index contributed by atoms with van der Waals surface area (Å²) in [7, 11) is 1.50. The minimum atomic E-state index is -4.44. The lowest BCUT2D eigenvalue weighted by Crippen LogP contribution is -2.47. The minimum Gasteiger partial charge on any atom is -0.456 e. The first-order valence-corrected chi connectivity index (χ1v) is 33.0. The number of quaternary nitrogens is 1. The number of nitrogens with one attached hydrogen (secondary N) is 1. The van der Waals surface area contributed by atoms with E-state index in [0.29, 0.717) is 23.9 Å². The molecule has 434 valence electrons. The van der Waals surface area contributed by atoms with Gasteiger partial charge < -0.3 is 19.4 Å². The normalized spacial score (nSPS) is 14.0. The van der Waals surface area contributed by atoms with Gasteiger partial charge in [0.25, 0.3) is 0 Å². The van der Waals surface area contributed by atoms with Crippen molar-refractivity contribution in [3.8, 4) is 0 Å². The van der Waals surface area contributed by atoms with Gasteiger partial charge in [-0.25, -0.2) is 4.57 Å². The highest BCUT2D eigenvalue weighted by Gasteiger charge is 2.30. The van der Waals surface area contributed by atoms with Crippen LogP contribution < -0.4 is 5.32 Å². The number of ether oxygens (including phenoxy) is 1. The Morgan fingerprint density at radius 2 is 0.824 bits per heavy atom. The average Bonchev–Trinajstić information content (AvgIpc) is 3.36. The summed E-state index contributed by atoms with van der Waals surface area (Å²) in [4.78, 5) is 37.6. The maximum atomic E-state index is 13.5. The predicted octanol–water partition coefficient (Wildman–Crippen LogP) is 19.3. The minimum absolute atomic E-state index is 0.0413. The average molecular weight is 1060 g/mol. The molecule has 0 aromatic carbocycles. The van der Waals surface area contributed by atoms with Crippen molar-refractivity contribution in [3.63, 3.8) is 0 Å². The Hall–Kier alpha value is -2.03. The van der Waals surface area contributed by atoms with E-state index >= 15 is 0 Å². The first kappa shape index (κ1) is 72.0. The molecule has 0 rings (SSSR count). The van der Waals surface area contributed by atoms with Crippen LogP contribution >= 0.6 is 7.82 Å². The van der Waals surface area contributed by atoms with Gasteiger partial charge in [-0.3, -0.25) is 18.6 Å². The number of hydrogen-bond donors (Lipinski definition) is 2. The van der Waals surface area contributed by atoms with Crippen molar-refractivity contribution in [2.45, 2.75) is 309 Å². The number of unbranched alkanes of at least 4 members (excludes halogenated alkanes) is 35. The fraction of sp³-hybridized carbons (Fsp3) is 0.844. The summed E-state index contributed by atoms with van der Waals surface area (Å²) in [6, 6.07) is -0.845. The fourth-order valence-corrected chi connectivity index (χ4v) is 9.86. The summed E-state index contributed by atoms with van der Waals surface area (Å²) in [5, 5.41) is 3.06. The van der Waals surface area contributed by atoms with E-state index in [-0.39, 0.29) is 25.1 Å². The van der Waals surface area contributed by atoms with Crippen molar-refractivity contribution in [3.05, 3.63) is 48.6 Å². The van der Waals surface area contributed by atoms with Crippen LogP contribution in [0.15, 0.2) is 48.6 Å². The third-order valence-corrected chi connectivity index (χ3v) is 15.0. The van der Waals surface area contributed by atoms with Gasteiger partial charge in [0.2, 0.25) is 5.91 Å². The summed E-state index contributed by atoms with van der Waals surface area (Å²) in [5.74, 6) is -0.498. The van der Waals surface area contributed by atoms with E-state index in [1.165, 1.54) is 193 Å². The van der Waals surface area contributed by atoms with Gasteiger partial charge in [0, 0.05) is 12.8 Å². The molecule has 3 unspecified atom stereocenters. The molecule has 1 amide bonds. The number of carbonyl (C=O) groups is 2. The fourth-order valence-electron chi connectivity index (χ4n) is 9.12. The lowest BCUT2D eigenvalue weighted by molar-refractivity contribution is -0.870. The van der Waals surface area contributed by atoms with E-state index in [1.54, 1.807) is 0 Å². The first-order valence-electron chi connectivity index (χ1n) is 31.5. The number of esters is 1. The van der Waals surface area contributed by atoms with Crippen molar-refractivity contribution in [1.29, 1.82) is 0 Å². The van der Waals surface area contributed by atoms with E-state index in [0.717, 1.165) is 70.6 Å². The van der Waals surface area contributed by atoms with Crippen LogP contribution in [0.4, 0.5) is 0 Å². The molecular formula is C64H122N2O7P+. The third-order valence-electron chi connectivity index (χ3n) is 14.0. The molecule has 0 aliphatic heterocycles. The second kappa shape index (κ2) is 54.3. The molecule has 0 aliphatic carbocycles. The lowest BCUT2D eigenvalue weighted by Gasteiger charge is -2.27. The van der Waals surface area contributed by atoms with Gasteiger partial charge in [0.05, 0.1) is 33.8 Å². The van der Waals surface area contributed by atoms with Gasteiger partial charge in [0.15, 0.2) is 0 Å². The molecule has 0 aromatic heterocycles. The maximum absolute atomic E-state index is 13.5. The van der Waals surface area contributed by atoms with Crippen molar-refractivity contribution >= 4 is 19.7 Å². The first-order chi connectivity index (χ1) is 35.9. The third kappa shape index (κ3) is 54.7. The second-order valence-corrected chi connectivity index (χ2v) is 24.0. The highest BCUT2D eigenvalue weighted by atomic mass is 31.2.